The molecule has 1 aromatic rings. The molecular formula is C12H23N3O2S. The van der Waals surface area contributed by atoms with E-state index in [0.717, 1.165) is 29.8 Å². The molecule has 0 aromatic carbocycles. The number of aromatic nitrogens is 1. The standard InChI is InChI=1S/C12H23N3O2S/c1-6-17-8-9(2)13-7-10-11(16-5)14-12(18-10)15(3)4/h9,13H,6-8H2,1-5H3. The van der Waals surface area contributed by atoms with Gasteiger partial charge in [0, 0.05) is 33.3 Å². The maximum absolute atomic E-state index is 5.37. The summed E-state index contributed by atoms with van der Waals surface area (Å²) in [5, 5.41) is 4.37. The first-order chi connectivity index (χ1) is 8.58. The fourth-order valence-electron chi connectivity index (χ4n) is 1.41. The van der Waals surface area contributed by atoms with Crippen molar-refractivity contribution in [2.45, 2.75) is 26.4 Å². The highest BCUT2D eigenvalue weighted by atomic mass is 32.1. The second-order valence-electron chi connectivity index (χ2n) is 4.26. The van der Waals surface area contributed by atoms with Crippen molar-refractivity contribution < 1.29 is 9.47 Å². The van der Waals surface area contributed by atoms with Gasteiger partial charge in [-0.25, -0.2) is 0 Å². The van der Waals surface area contributed by atoms with Gasteiger partial charge in [0.15, 0.2) is 5.13 Å². The molecule has 1 rings (SSSR count). The van der Waals surface area contributed by atoms with Crippen molar-refractivity contribution in [1.82, 2.24) is 10.3 Å². The molecule has 0 saturated heterocycles. The minimum atomic E-state index is 0.319. The number of anilines is 1. The van der Waals surface area contributed by atoms with Gasteiger partial charge in [-0.05, 0) is 13.8 Å². The van der Waals surface area contributed by atoms with Gasteiger partial charge in [0.25, 0.3) is 0 Å². The van der Waals surface area contributed by atoms with E-state index in [-0.39, 0.29) is 0 Å². The van der Waals surface area contributed by atoms with Gasteiger partial charge in [0.05, 0.1) is 18.6 Å². The van der Waals surface area contributed by atoms with Gasteiger partial charge >= 0.3 is 0 Å². The molecule has 0 fully saturated rings. The monoisotopic (exact) mass is 273 g/mol. The average Bonchev–Trinajstić information content (AvgIpc) is 2.77. The van der Waals surface area contributed by atoms with Crippen LogP contribution in [0.15, 0.2) is 0 Å². The van der Waals surface area contributed by atoms with Crippen molar-refractivity contribution in [2.24, 2.45) is 0 Å². The molecule has 0 aliphatic heterocycles. The second-order valence-corrected chi connectivity index (χ2v) is 5.33. The minimum Gasteiger partial charge on any atom is -0.480 e. The lowest BCUT2D eigenvalue weighted by Crippen LogP contribution is -2.29. The lowest BCUT2D eigenvalue weighted by Gasteiger charge is -2.12. The summed E-state index contributed by atoms with van der Waals surface area (Å²) < 4.78 is 10.7. The number of thiazole rings is 1. The Hall–Kier alpha value is -0.850. The Balaban J connectivity index is 2.55. The fraction of sp³-hybridized carbons (Fsp3) is 0.750. The van der Waals surface area contributed by atoms with Crippen LogP contribution in [0.4, 0.5) is 5.13 Å². The van der Waals surface area contributed by atoms with Crippen molar-refractivity contribution in [3.05, 3.63) is 4.88 Å². The normalized spacial score (nSPS) is 12.5. The zero-order chi connectivity index (χ0) is 13.5. The van der Waals surface area contributed by atoms with E-state index in [1.165, 1.54) is 0 Å². The molecule has 1 heterocycles. The van der Waals surface area contributed by atoms with E-state index < -0.39 is 0 Å². The van der Waals surface area contributed by atoms with Crippen LogP contribution in [-0.2, 0) is 11.3 Å². The molecule has 0 saturated carbocycles. The maximum atomic E-state index is 5.37. The first-order valence-corrected chi connectivity index (χ1v) is 6.92. The first kappa shape index (κ1) is 15.2. The molecule has 0 aliphatic rings. The number of methoxy groups -OCH3 is 1. The Morgan fingerprint density at radius 3 is 2.72 bits per heavy atom. The molecule has 0 amide bonds. The van der Waals surface area contributed by atoms with Crippen LogP contribution in [0.1, 0.15) is 18.7 Å². The number of rotatable bonds is 8. The van der Waals surface area contributed by atoms with Gasteiger partial charge in [0.2, 0.25) is 5.88 Å². The molecule has 1 unspecified atom stereocenters. The fourth-order valence-corrected chi connectivity index (χ4v) is 2.31. The van der Waals surface area contributed by atoms with E-state index in [1.54, 1.807) is 18.4 Å². The summed E-state index contributed by atoms with van der Waals surface area (Å²) in [7, 11) is 5.61. The van der Waals surface area contributed by atoms with Crippen molar-refractivity contribution in [3.8, 4) is 5.88 Å². The quantitative estimate of drug-likeness (QED) is 0.781. The molecule has 0 bridgehead atoms. The zero-order valence-electron chi connectivity index (χ0n) is 11.8. The van der Waals surface area contributed by atoms with E-state index in [1.807, 2.05) is 25.9 Å². The van der Waals surface area contributed by atoms with Crippen LogP contribution in [0.25, 0.3) is 0 Å². The van der Waals surface area contributed by atoms with E-state index in [9.17, 15) is 0 Å². The summed E-state index contributed by atoms with van der Waals surface area (Å²) >= 11 is 1.64. The average molecular weight is 273 g/mol. The maximum Gasteiger partial charge on any atom is 0.230 e. The summed E-state index contributed by atoms with van der Waals surface area (Å²) in [5.74, 6) is 0.708. The third-order valence-corrected chi connectivity index (χ3v) is 3.61. The van der Waals surface area contributed by atoms with E-state index in [4.69, 9.17) is 9.47 Å². The SMILES string of the molecule is CCOCC(C)NCc1sc(N(C)C)nc1OC. The number of hydrogen-bond donors (Lipinski definition) is 1. The molecule has 6 heteroatoms. The zero-order valence-corrected chi connectivity index (χ0v) is 12.6. The highest BCUT2D eigenvalue weighted by Gasteiger charge is 2.13. The highest BCUT2D eigenvalue weighted by Crippen LogP contribution is 2.30. The lowest BCUT2D eigenvalue weighted by molar-refractivity contribution is 0.127. The first-order valence-electron chi connectivity index (χ1n) is 6.10. The van der Waals surface area contributed by atoms with Crippen molar-refractivity contribution >= 4 is 16.5 Å². The summed E-state index contributed by atoms with van der Waals surface area (Å²) in [6, 6.07) is 0.319. The van der Waals surface area contributed by atoms with E-state index in [2.05, 4.69) is 17.2 Å². The number of nitrogens with zero attached hydrogens (tertiary/aromatic N) is 2. The molecular weight excluding hydrogens is 250 g/mol. The van der Waals surface area contributed by atoms with E-state index in [0.29, 0.717) is 11.9 Å². The smallest absolute Gasteiger partial charge is 0.230 e. The van der Waals surface area contributed by atoms with Gasteiger partial charge in [-0.2, -0.15) is 4.98 Å². The van der Waals surface area contributed by atoms with Crippen LogP contribution < -0.4 is 15.0 Å². The predicted octanol–water partition coefficient (Wildman–Crippen LogP) is 1.73. The molecule has 0 aliphatic carbocycles. The van der Waals surface area contributed by atoms with Crippen LogP contribution in [-0.4, -0.2) is 45.4 Å². The van der Waals surface area contributed by atoms with Crippen LogP contribution in [0, 0.1) is 0 Å². The van der Waals surface area contributed by atoms with Crippen molar-refractivity contribution in [3.63, 3.8) is 0 Å². The predicted molar refractivity (Wildman–Crippen MR) is 75.8 cm³/mol. The van der Waals surface area contributed by atoms with Crippen LogP contribution in [0.2, 0.25) is 0 Å². The number of nitrogens with one attached hydrogen (secondary N) is 1. The molecule has 5 nitrogen and oxygen atoms in total. The van der Waals surface area contributed by atoms with Gasteiger partial charge in [0.1, 0.15) is 0 Å². The third-order valence-electron chi connectivity index (χ3n) is 2.41. The lowest BCUT2D eigenvalue weighted by atomic mass is 10.3. The van der Waals surface area contributed by atoms with Gasteiger partial charge in [-0.15, -0.1) is 0 Å². The topological polar surface area (TPSA) is 46.6 Å². The Kier molecular flexibility index (Phi) is 6.38. The minimum absolute atomic E-state index is 0.319. The van der Waals surface area contributed by atoms with Crippen LogP contribution in [0.3, 0.4) is 0 Å². The molecule has 0 radical (unpaired) electrons. The van der Waals surface area contributed by atoms with Gasteiger partial charge in [-0.3, -0.25) is 0 Å². The Labute approximate surface area is 113 Å². The highest BCUT2D eigenvalue weighted by molar-refractivity contribution is 7.15. The Morgan fingerprint density at radius 2 is 2.17 bits per heavy atom. The van der Waals surface area contributed by atoms with Crippen LogP contribution in [0.5, 0.6) is 5.88 Å². The second kappa shape index (κ2) is 7.56. The summed E-state index contributed by atoms with van der Waals surface area (Å²) in [6.07, 6.45) is 0. The molecule has 104 valence electrons. The summed E-state index contributed by atoms with van der Waals surface area (Å²) in [5.41, 5.74) is 0. The largest absolute Gasteiger partial charge is 0.480 e. The summed E-state index contributed by atoms with van der Waals surface area (Å²) in [4.78, 5) is 7.52. The van der Waals surface area contributed by atoms with Crippen LogP contribution >= 0.6 is 11.3 Å². The molecule has 18 heavy (non-hydrogen) atoms. The van der Waals surface area contributed by atoms with Crippen molar-refractivity contribution in [2.75, 3.05) is 39.3 Å². The van der Waals surface area contributed by atoms with Gasteiger partial charge < -0.3 is 19.7 Å². The van der Waals surface area contributed by atoms with Crippen molar-refractivity contribution in [1.29, 1.82) is 0 Å². The molecule has 0 spiro atoms. The number of hydrogen-bond acceptors (Lipinski definition) is 6. The summed E-state index contributed by atoms with van der Waals surface area (Å²) in [6.45, 7) is 6.33. The Morgan fingerprint density at radius 1 is 1.44 bits per heavy atom. The molecule has 1 aromatic heterocycles. The Bertz CT molecular complexity index is 355. The van der Waals surface area contributed by atoms with E-state index >= 15 is 0 Å². The van der Waals surface area contributed by atoms with Gasteiger partial charge in [-0.1, -0.05) is 11.3 Å². The molecule has 1 atom stereocenters. The number of ether oxygens (including phenoxy) is 2. The molecule has 1 N–H and O–H groups in total. The third kappa shape index (κ3) is 4.44.